The highest BCUT2D eigenvalue weighted by molar-refractivity contribution is 14.0. The highest BCUT2D eigenvalue weighted by atomic mass is 127. The summed E-state index contributed by atoms with van der Waals surface area (Å²) in [5.74, 6) is 0.887. The third kappa shape index (κ3) is 8.25. The summed E-state index contributed by atoms with van der Waals surface area (Å²) in [7, 11) is 1.60. The van der Waals surface area contributed by atoms with E-state index in [1.165, 1.54) is 0 Å². The first-order valence-electron chi connectivity index (χ1n) is 10.4. The summed E-state index contributed by atoms with van der Waals surface area (Å²) in [6.07, 6.45) is 2.24. The molecule has 168 valence electrons. The van der Waals surface area contributed by atoms with E-state index in [-0.39, 0.29) is 48.4 Å². The first-order chi connectivity index (χ1) is 13.6. The summed E-state index contributed by atoms with van der Waals surface area (Å²) < 4.78 is 4.93. The second kappa shape index (κ2) is 14.0. The first kappa shape index (κ1) is 25.9. The summed E-state index contributed by atoms with van der Waals surface area (Å²) in [4.78, 5) is 35.4. The lowest BCUT2D eigenvalue weighted by atomic mass is 10.2. The molecule has 2 N–H and O–H groups in total. The minimum absolute atomic E-state index is 0. The smallest absolute Gasteiger partial charge is 0.241 e. The predicted octanol–water partition coefficient (Wildman–Crippen LogP) is -0.0390. The molecule has 10 heteroatoms. The number of rotatable bonds is 8. The maximum absolute atomic E-state index is 12.6. The molecule has 2 aliphatic rings. The van der Waals surface area contributed by atoms with E-state index in [9.17, 15) is 9.59 Å². The van der Waals surface area contributed by atoms with Crippen LogP contribution in [-0.4, -0.2) is 111 Å². The lowest BCUT2D eigenvalue weighted by molar-refractivity contribution is -0.135. The van der Waals surface area contributed by atoms with Gasteiger partial charge in [0, 0.05) is 59.5 Å². The van der Waals surface area contributed by atoms with Gasteiger partial charge >= 0.3 is 0 Å². The second-order valence-electron chi connectivity index (χ2n) is 7.24. The third-order valence-electron chi connectivity index (χ3n) is 5.27. The van der Waals surface area contributed by atoms with Gasteiger partial charge in [-0.15, -0.1) is 24.0 Å². The van der Waals surface area contributed by atoms with Crippen molar-refractivity contribution in [3.63, 3.8) is 0 Å². The van der Waals surface area contributed by atoms with Crippen LogP contribution in [0.4, 0.5) is 0 Å². The lowest BCUT2D eigenvalue weighted by Gasteiger charge is -2.39. The summed E-state index contributed by atoms with van der Waals surface area (Å²) in [6.45, 7) is 10.8. The molecule has 0 aromatic rings. The number of methoxy groups -OCH3 is 1. The zero-order valence-corrected chi connectivity index (χ0v) is 20.3. The fraction of sp³-hybridized carbons (Fsp3) is 0.842. The van der Waals surface area contributed by atoms with E-state index in [4.69, 9.17) is 4.74 Å². The molecule has 0 bridgehead atoms. The van der Waals surface area contributed by atoms with Gasteiger partial charge in [-0.05, 0) is 26.7 Å². The molecule has 29 heavy (non-hydrogen) atoms. The number of nitrogens with one attached hydrogen (secondary N) is 2. The Balaban J connectivity index is 0.00000420. The zero-order valence-electron chi connectivity index (χ0n) is 18.0. The Kier molecular flexibility index (Phi) is 12.5. The summed E-state index contributed by atoms with van der Waals surface area (Å²) >= 11 is 0. The van der Waals surface area contributed by atoms with Crippen molar-refractivity contribution in [2.24, 2.45) is 4.99 Å². The Labute approximate surface area is 191 Å². The van der Waals surface area contributed by atoms with Gasteiger partial charge in [-0.1, -0.05) is 0 Å². The molecule has 0 radical (unpaired) electrons. The van der Waals surface area contributed by atoms with E-state index < -0.39 is 0 Å². The van der Waals surface area contributed by atoms with Crippen molar-refractivity contribution in [3.8, 4) is 0 Å². The van der Waals surface area contributed by atoms with Crippen molar-refractivity contribution in [2.45, 2.75) is 32.7 Å². The Morgan fingerprint density at radius 3 is 2.28 bits per heavy atom. The molecular weight excluding hydrogens is 487 g/mol. The van der Waals surface area contributed by atoms with Gasteiger partial charge in [-0.2, -0.15) is 0 Å². The second-order valence-corrected chi connectivity index (χ2v) is 7.24. The molecule has 2 fully saturated rings. The van der Waals surface area contributed by atoms with Crippen molar-refractivity contribution in [1.29, 1.82) is 0 Å². The lowest BCUT2D eigenvalue weighted by Crippen LogP contribution is -2.57. The maximum atomic E-state index is 12.6. The maximum Gasteiger partial charge on any atom is 0.241 e. The Bertz CT molecular complexity index is 534. The van der Waals surface area contributed by atoms with E-state index in [0.29, 0.717) is 13.2 Å². The molecule has 0 aromatic heterocycles. The SMILES string of the molecule is CCNC(=NCC(=O)NCCOC)N1CCN(C(C)C(=O)N2CCCC2)CC1.I. The molecule has 0 aromatic carbocycles. The fourth-order valence-corrected chi connectivity index (χ4v) is 3.60. The van der Waals surface area contributed by atoms with Crippen LogP contribution in [0.5, 0.6) is 0 Å². The van der Waals surface area contributed by atoms with Crippen molar-refractivity contribution in [3.05, 3.63) is 0 Å². The Hall–Kier alpha value is -1.14. The number of likely N-dealkylation sites (tertiary alicyclic amines) is 1. The van der Waals surface area contributed by atoms with E-state index in [1.54, 1.807) is 7.11 Å². The number of piperazine rings is 1. The van der Waals surface area contributed by atoms with E-state index >= 15 is 0 Å². The van der Waals surface area contributed by atoms with Crippen LogP contribution in [0.3, 0.4) is 0 Å². The van der Waals surface area contributed by atoms with Crippen LogP contribution >= 0.6 is 24.0 Å². The molecule has 2 saturated heterocycles. The normalized spacial score (nSPS) is 18.9. The molecule has 1 atom stereocenters. The number of carbonyl (C=O) groups excluding carboxylic acids is 2. The number of halogens is 1. The Morgan fingerprint density at radius 1 is 1.03 bits per heavy atom. The van der Waals surface area contributed by atoms with Crippen molar-refractivity contribution in [2.75, 3.05) is 72.6 Å². The van der Waals surface area contributed by atoms with Gasteiger partial charge in [0.2, 0.25) is 11.8 Å². The van der Waals surface area contributed by atoms with Gasteiger partial charge in [0.1, 0.15) is 6.54 Å². The molecule has 2 aliphatic heterocycles. The van der Waals surface area contributed by atoms with E-state index in [2.05, 4.69) is 25.4 Å². The van der Waals surface area contributed by atoms with Crippen molar-refractivity contribution >= 4 is 41.8 Å². The monoisotopic (exact) mass is 524 g/mol. The van der Waals surface area contributed by atoms with Crippen LogP contribution < -0.4 is 10.6 Å². The number of guanidine groups is 1. The standard InChI is InChI=1S/C19H36N6O3.HI/c1-4-20-19(22-15-17(26)21-7-14-28-3)25-12-10-23(11-13-25)16(2)18(27)24-8-5-6-9-24;/h16H,4-15H2,1-3H3,(H,20,22)(H,21,26);1H. The molecule has 0 spiro atoms. The third-order valence-corrected chi connectivity index (χ3v) is 5.27. The summed E-state index contributed by atoms with van der Waals surface area (Å²) in [6, 6.07) is -0.0775. The highest BCUT2D eigenvalue weighted by Gasteiger charge is 2.30. The minimum atomic E-state index is -0.115. The van der Waals surface area contributed by atoms with Gasteiger partial charge in [0.15, 0.2) is 5.96 Å². The average Bonchev–Trinajstić information content (AvgIpc) is 3.25. The molecular formula is C19H37IN6O3. The topological polar surface area (TPSA) is 89.5 Å². The van der Waals surface area contributed by atoms with Gasteiger partial charge in [-0.3, -0.25) is 14.5 Å². The van der Waals surface area contributed by atoms with Crippen LogP contribution in [-0.2, 0) is 14.3 Å². The number of nitrogens with zero attached hydrogens (tertiary/aromatic N) is 4. The minimum Gasteiger partial charge on any atom is -0.383 e. The first-order valence-corrected chi connectivity index (χ1v) is 10.4. The van der Waals surface area contributed by atoms with Gasteiger partial charge in [0.25, 0.3) is 0 Å². The van der Waals surface area contributed by atoms with Gasteiger partial charge in [-0.25, -0.2) is 4.99 Å². The van der Waals surface area contributed by atoms with Crippen LogP contribution in [0, 0.1) is 0 Å². The molecule has 2 heterocycles. The van der Waals surface area contributed by atoms with Crippen LogP contribution in [0.1, 0.15) is 26.7 Å². The van der Waals surface area contributed by atoms with E-state index in [1.807, 2.05) is 18.7 Å². The summed E-state index contributed by atoms with van der Waals surface area (Å²) in [5.41, 5.74) is 0. The number of ether oxygens (including phenoxy) is 1. The van der Waals surface area contributed by atoms with E-state index in [0.717, 1.165) is 64.6 Å². The molecule has 0 aliphatic carbocycles. The Morgan fingerprint density at radius 2 is 1.69 bits per heavy atom. The quantitative estimate of drug-likeness (QED) is 0.201. The van der Waals surface area contributed by atoms with Crippen molar-refractivity contribution < 1.29 is 14.3 Å². The van der Waals surface area contributed by atoms with Gasteiger partial charge < -0.3 is 25.2 Å². The van der Waals surface area contributed by atoms with Crippen LogP contribution in [0.2, 0.25) is 0 Å². The van der Waals surface area contributed by atoms with Crippen LogP contribution in [0.15, 0.2) is 4.99 Å². The number of amides is 2. The van der Waals surface area contributed by atoms with Crippen LogP contribution in [0.25, 0.3) is 0 Å². The number of hydrogen-bond acceptors (Lipinski definition) is 5. The summed E-state index contributed by atoms with van der Waals surface area (Å²) in [5, 5.41) is 6.04. The largest absolute Gasteiger partial charge is 0.383 e. The average molecular weight is 524 g/mol. The number of aliphatic imine (C=N–C) groups is 1. The fourth-order valence-electron chi connectivity index (χ4n) is 3.60. The molecule has 2 amide bonds. The predicted molar refractivity (Wildman–Crippen MR) is 125 cm³/mol. The number of carbonyl (C=O) groups is 2. The highest BCUT2D eigenvalue weighted by Crippen LogP contribution is 2.14. The molecule has 9 nitrogen and oxygen atoms in total. The number of hydrogen-bond donors (Lipinski definition) is 2. The zero-order chi connectivity index (χ0) is 20.4. The molecule has 2 rings (SSSR count). The van der Waals surface area contributed by atoms with Crippen molar-refractivity contribution in [1.82, 2.24) is 25.3 Å². The molecule has 1 unspecified atom stereocenters. The van der Waals surface area contributed by atoms with Gasteiger partial charge in [0.05, 0.1) is 12.6 Å². The molecule has 0 saturated carbocycles.